The Balaban J connectivity index is 1.97. The van der Waals surface area contributed by atoms with Gasteiger partial charge in [-0.1, -0.05) is 24.3 Å². The van der Waals surface area contributed by atoms with Crippen molar-refractivity contribution in [1.29, 1.82) is 5.26 Å². The number of allylic oxidation sites excluding steroid dienone is 1. The summed E-state index contributed by atoms with van der Waals surface area (Å²) in [4.78, 5) is 15.9. The number of aromatic hydroxyl groups is 1. The number of rotatable bonds is 0. The second kappa shape index (κ2) is 5.21. The number of hydrogen-bond donors (Lipinski definition) is 2. The van der Waals surface area contributed by atoms with Crippen molar-refractivity contribution in [3.8, 4) is 17.6 Å². The summed E-state index contributed by atoms with van der Waals surface area (Å²) < 4.78 is 5.65. The summed E-state index contributed by atoms with van der Waals surface area (Å²) in [5, 5.41) is 20.0. The van der Waals surface area contributed by atoms with Gasteiger partial charge in [-0.15, -0.1) is 0 Å². The summed E-state index contributed by atoms with van der Waals surface area (Å²) in [5.41, 5.74) is 8.23. The first-order valence-corrected chi connectivity index (χ1v) is 9.33. The standard InChI is InChI=1S/C23H19N3O3/c1-12-10-22(2,3)26-19-14(12)5-4-6-16(19)23(21(26)28)15-8-7-13(27)9-18(15)29-20(25)17(23)11-24/h4-10,27H,25H2,1-3H3/t23-/m1/s1. The number of nitriles is 1. The number of para-hydroxylation sites is 1. The fourth-order valence-electron chi connectivity index (χ4n) is 5.05. The predicted octanol–water partition coefficient (Wildman–Crippen LogP) is 3.31. The second-order valence-electron chi connectivity index (χ2n) is 8.21. The van der Waals surface area contributed by atoms with E-state index in [9.17, 15) is 15.2 Å². The molecule has 2 aromatic carbocycles. The zero-order chi connectivity index (χ0) is 20.7. The number of amides is 1. The minimum absolute atomic E-state index is 0.00876. The van der Waals surface area contributed by atoms with Gasteiger partial charge in [0.15, 0.2) is 0 Å². The average molecular weight is 385 g/mol. The molecule has 0 aliphatic carbocycles. The van der Waals surface area contributed by atoms with E-state index in [1.807, 2.05) is 39.0 Å². The highest BCUT2D eigenvalue weighted by Crippen LogP contribution is 2.59. The van der Waals surface area contributed by atoms with Crippen molar-refractivity contribution in [2.45, 2.75) is 31.7 Å². The molecule has 0 unspecified atom stereocenters. The monoisotopic (exact) mass is 385 g/mol. The molecule has 0 radical (unpaired) electrons. The zero-order valence-electron chi connectivity index (χ0n) is 16.3. The first-order valence-electron chi connectivity index (χ1n) is 9.33. The van der Waals surface area contributed by atoms with E-state index in [2.05, 4.69) is 12.1 Å². The van der Waals surface area contributed by atoms with Crippen LogP contribution in [0.5, 0.6) is 11.5 Å². The quantitative estimate of drug-likeness (QED) is 0.725. The molecule has 3 heterocycles. The van der Waals surface area contributed by atoms with Crippen LogP contribution in [0.4, 0.5) is 5.69 Å². The molecule has 6 heteroatoms. The van der Waals surface area contributed by atoms with Crippen molar-refractivity contribution in [3.63, 3.8) is 0 Å². The maximum absolute atomic E-state index is 14.2. The van der Waals surface area contributed by atoms with Gasteiger partial charge >= 0.3 is 0 Å². The number of nitrogens with two attached hydrogens (primary N) is 1. The smallest absolute Gasteiger partial charge is 0.248 e. The Morgan fingerprint density at radius 1 is 1.21 bits per heavy atom. The van der Waals surface area contributed by atoms with Crippen molar-refractivity contribution in [3.05, 3.63) is 70.6 Å². The summed E-state index contributed by atoms with van der Waals surface area (Å²) in [7, 11) is 0. The van der Waals surface area contributed by atoms with Gasteiger partial charge in [0.25, 0.3) is 0 Å². The van der Waals surface area contributed by atoms with E-state index in [1.165, 1.54) is 12.1 Å². The van der Waals surface area contributed by atoms with Crippen LogP contribution in [0.25, 0.3) is 5.57 Å². The summed E-state index contributed by atoms with van der Waals surface area (Å²) in [6.45, 7) is 5.97. The molecule has 0 saturated heterocycles. The summed E-state index contributed by atoms with van der Waals surface area (Å²) in [6.07, 6.45) is 2.06. The number of nitrogens with zero attached hydrogens (tertiary/aromatic N) is 2. The summed E-state index contributed by atoms with van der Waals surface area (Å²) in [6, 6.07) is 12.4. The Morgan fingerprint density at radius 2 is 1.97 bits per heavy atom. The lowest BCUT2D eigenvalue weighted by molar-refractivity contribution is -0.121. The number of benzene rings is 2. The van der Waals surface area contributed by atoms with Gasteiger partial charge in [0.2, 0.25) is 11.8 Å². The van der Waals surface area contributed by atoms with Crippen LogP contribution < -0.4 is 15.4 Å². The van der Waals surface area contributed by atoms with Crippen LogP contribution in [0.3, 0.4) is 0 Å². The summed E-state index contributed by atoms with van der Waals surface area (Å²) in [5.74, 6) is -0.109. The van der Waals surface area contributed by atoms with Crippen LogP contribution in [0.1, 0.15) is 37.5 Å². The fraction of sp³-hybridized carbons (Fsp3) is 0.217. The number of carbonyl (C=O) groups is 1. The number of phenols is 1. The number of carbonyl (C=O) groups excluding carboxylic acids is 1. The fourth-order valence-corrected chi connectivity index (χ4v) is 5.05. The lowest BCUT2D eigenvalue weighted by Gasteiger charge is -2.40. The maximum atomic E-state index is 14.2. The van der Waals surface area contributed by atoms with Gasteiger partial charge in [-0.25, -0.2) is 0 Å². The molecule has 0 saturated carbocycles. The molecule has 1 atom stereocenters. The number of phenolic OH excluding ortho intramolecular Hbond substituents is 1. The van der Waals surface area contributed by atoms with E-state index in [0.29, 0.717) is 11.1 Å². The van der Waals surface area contributed by atoms with E-state index in [4.69, 9.17) is 10.5 Å². The zero-order valence-corrected chi connectivity index (χ0v) is 16.3. The highest BCUT2D eigenvalue weighted by molar-refractivity contribution is 6.17. The minimum Gasteiger partial charge on any atom is -0.508 e. The van der Waals surface area contributed by atoms with Gasteiger partial charge in [0.05, 0.1) is 11.2 Å². The van der Waals surface area contributed by atoms with Gasteiger partial charge in [-0.2, -0.15) is 5.26 Å². The number of anilines is 1. The molecule has 29 heavy (non-hydrogen) atoms. The SMILES string of the molecule is CC1=CC(C)(C)N2C(=O)[C@@]3(C(C#N)=C(N)Oc4cc(O)ccc43)c3cccc1c32. The molecule has 144 valence electrons. The number of hydrogen-bond acceptors (Lipinski definition) is 5. The van der Waals surface area contributed by atoms with Crippen molar-refractivity contribution in [1.82, 2.24) is 0 Å². The van der Waals surface area contributed by atoms with E-state index in [-0.39, 0.29) is 28.9 Å². The first kappa shape index (κ1) is 17.4. The molecule has 1 amide bonds. The lowest BCUT2D eigenvalue weighted by Crippen LogP contribution is -2.53. The Kier molecular flexibility index (Phi) is 3.12. The van der Waals surface area contributed by atoms with Crippen LogP contribution in [0.15, 0.2) is 53.9 Å². The van der Waals surface area contributed by atoms with Gasteiger partial charge in [0, 0.05) is 22.8 Å². The van der Waals surface area contributed by atoms with Crippen molar-refractivity contribution >= 4 is 17.2 Å². The highest BCUT2D eigenvalue weighted by atomic mass is 16.5. The Hall–Kier alpha value is -3.72. The minimum atomic E-state index is -1.42. The molecule has 0 fully saturated rings. The van der Waals surface area contributed by atoms with E-state index in [0.717, 1.165) is 16.8 Å². The molecular weight excluding hydrogens is 366 g/mol. The average Bonchev–Trinajstić information content (AvgIpc) is 2.91. The molecule has 1 spiro atoms. The predicted molar refractivity (Wildman–Crippen MR) is 108 cm³/mol. The van der Waals surface area contributed by atoms with Crippen LogP contribution in [0.2, 0.25) is 0 Å². The van der Waals surface area contributed by atoms with Crippen molar-refractivity contribution in [2.24, 2.45) is 5.73 Å². The van der Waals surface area contributed by atoms with Crippen LogP contribution >= 0.6 is 0 Å². The normalized spacial score (nSPS) is 23.3. The largest absolute Gasteiger partial charge is 0.508 e. The van der Waals surface area contributed by atoms with E-state index >= 15 is 0 Å². The molecule has 3 aliphatic rings. The van der Waals surface area contributed by atoms with Crippen molar-refractivity contribution in [2.75, 3.05) is 4.90 Å². The van der Waals surface area contributed by atoms with Gasteiger partial charge in [-0.3, -0.25) is 4.79 Å². The lowest BCUT2D eigenvalue weighted by atomic mass is 9.68. The number of ether oxygens (including phenoxy) is 1. The highest BCUT2D eigenvalue weighted by Gasteiger charge is 2.62. The van der Waals surface area contributed by atoms with Gasteiger partial charge < -0.3 is 20.5 Å². The van der Waals surface area contributed by atoms with E-state index < -0.39 is 11.0 Å². The third-order valence-electron chi connectivity index (χ3n) is 6.08. The third-order valence-corrected chi connectivity index (χ3v) is 6.08. The Morgan fingerprint density at radius 3 is 2.69 bits per heavy atom. The molecule has 0 bridgehead atoms. The maximum Gasteiger partial charge on any atom is 0.248 e. The molecule has 2 aromatic rings. The molecule has 6 nitrogen and oxygen atoms in total. The topological polar surface area (TPSA) is 99.6 Å². The molecule has 5 rings (SSSR count). The van der Waals surface area contributed by atoms with Gasteiger partial charge in [0.1, 0.15) is 28.6 Å². The molecule has 3 aliphatic heterocycles. The van der Waals surface area contributed by atoms with Crippen LogP contribution in [-0.2, 0) is 10.2 Å². The first-order chi connectivity index (χ1) is 13.7. The van der Waals surface area contributed by atoms with E-state index in [1.54, 1.807) is 11.0 Å². The van der Waals surface area contributed by atoms with Crippen LogP contribution in [-0.4, -0.2) is 16.6 Å². The molecular formula is C23H19N3O3. The van der Waals surface area contributed by atoms with Crippen molar-refractivity contribution < 1.29 is 14.6 Å². The Bertz CT molecular complexity index is 1230. The third kappa shape index (κ3) is 1.87. The van der Waals surface area contributed by atoms with Gasteiger partial charge in [-0.05, 0) is 38.5 Å². The number of fused-ring (bicyclic) bond motifs is 3. The Labute approximate surface area is 168 Å². The second-order valence-corrected chi connectivity index (χ2v) is 8.21. The molecule has 0 aromatic heterocycles. The van der Waals surface area contributed by atoms with Crippen LogP contribution in [0, 0.1) is 11.3 Å². The summed E-state index contributed by atoms with van der Waals surface area (Å²) >= 11 is 0. The molecule has 3 N–H and O–H groups in total.